The summed E-state index contributed by atoms with van der Waals surface area (Å²) in [5.74, 6) is -1.32. The predicted molar refractivity (Wildman–Crippen MR) is 91.8 cm³/mol. The molecule has 4 rings (SSSR count). The number of ether oxygens (including phenoxy) is 2. The average Bonchev–Trinajstić information content (AvgIpc) is 3.05. The molecule has 3 heterocycles. The summed E-state index contributed by atoms with van der Waals surface area (Å²) in [7, 11) is 0. The minimum atomic E-state index is -0.961. The quantitative estimate of drug-likeness (QED) is 0.809. The lowest BCUT2D eigenvalue weighted by Gasteiger charge is -2.40. The Morgan fingerprint density at radius 3 is 2.54 bits per heavy atom. The lowest BCUT2D eigenvalue weighted by atomic mass is 9.72. The highest BCUT2D eigenvalue weighted by molar-refractivity contribution is 5.89. The second-order valence-electron chi connectivity index (χ2n) is 7.95. The Labute approximate surface area is 152 Å². The second kappa shape index (κ2) is 6.89. The molecule has 1 unspecified atom stereocenters. The minimum Gasteiger partial charge on any atom is -0.381 e. The van der Waals surface area contributed by atoms with E-state index in [1.54, 1.807) is 0 Å². The summed E-state index contributed by atoms with van der Waals surface area (Å²) < 4.78 is 39.1. The van der Waals surface area contributed by atoms with Crippen molar-refractivity contribution in [2.75, 3.05) is 39.5 Å². The third-order valence-corrected chi connectivity index (χ3v) is 6.33. The first-order chi connectivity index (χ1) is 12.5. The van der Waals surface area contributed by atoms with E-state index in [0.29, 0.717) is 51.3 Å². The van der Waals surface area contributed by atoms with Gasteiger partial charge in [0.25, 0.3) is 0 Å². The van der Waals surface area contributed by atoms with Crippen LogP contribution in [0.4, 0.5) is 8.78 Å². The number of carbonyl (C=O) groups is 1. The smallest absolute Gasteiger partial charge is 0.233 e. The van der Waals surface area contributed by atoms with Gasteiger partial charge in [-0.3, -0.25) is 4.79 Å². The lowest BCUT2D eigenvalue weighted by Crippen LogP contribution is -2.50. The third kappa shape index (κ3) is 3.03. The predicted octanol–water partition coefficient (Wildman–Crippen LogP) is 3.04. The Bertz CT molecular complexity index is 682. The van der Waals surface area contributed by atoms with Crippen molar-refractivity contribution in [3.05, 3.63) is 35.4 Å². The van der Waals surface area contributed by atoms with Crippen molar-refractivity contribution in [1.82, 2.24) is 4.90 Å². The van der Waals surface area contributed by atoms with E-state index in [-0.39, 0.29) is 11.3 Å². The van der Waals surface area contributed by atoms with E-state index < -0.39 is 17.0 Å². The number of nitrogens with zero attached hydrogens (tertiary/aromatic N) is 1. The van der Waals surface area contributed by atoms with Gasteiger partial charge in [0.05, 0.1) is 12.0 Å². The van der Waals surface area contributed by atoms with Crippen LogP contribution in [0.2, 0.25) is 0 Å². The van der Waals surface area contributed by atoms with Crippen molar-refractivity contribution in [1.29, 1.82) is 0 Å². The maximum atomic E-state index is 14.6. The monoisotopic (exact) mass is 365 g/mol. The van der Waals surface area contributed by atoms with Gasteiger partial charge >= 0.3 is 0 Å². The van der Waals surface area contributed by atoms with Crippen LogP contribution in [0.15, 0.2) is 18.2 Å². The zero-order valence-electron chi connectivity index (χ0n) is 14.9. The topological polar surface area (TPSA) is 38.8 Å². The van der Waals surface area contributed by atoms with Gasteiger partial charge in [-0.05, 0) is 38.2 Å². The van der Waals surface area contributed by atoms with Crippen LogP contribution >= 0.6 is 0 Å². The average molecular weight is 365 g/mol. The highest BCUT2D eigenvalue weighted by Crippen LogP contribution is 2.43. The van der Waals surface area contributed by atoms with Crippen molar-refractivity contribution in [3.63, 3.8) is 0 Å². The van der Waals surface area contributed by atoms with Crippen LogP contribution in [0.1, 0.15) is 37.7 Å². The van der Waals surface area contributed by atoms with E-state index in [1.165, 1.54) is 12.1 Å². The second-order valence-corrected chi connectivity index (χ2v) is 7.95. The number of halogens is 2. The molecule has 1 atom stereocenters. The molecule has 3 fully saturated rings. The van der Waals surface area contributed by atoms with Gasteiger partial charge in [0.1, 0.15) is 11.6 Å². The summed E-state index contributed by atoms with van der Waals surface area (Å²) in [6, 6.07) is 3.55. The standard InChI is InChI=1S/C20H25F2NO3/c21-15-2-3-16(17(22)12-15)20(6-10-25-11-7-20)18(24)23-8-5-19(13-23)4-1-9-26-14-19/h2-3,12H,1,4-11,13-14H2. The Hall–Kier alpha value is -1.53. The highest BCUT2D eigenvalue weighted by atomic mass is 19.1. The molecule has 3 saturated heterocycles. The Morgan fingerprint density at radius 2 is 1.85 bits per heavy atom. The lowest BCUT2D eigenvalue weighted by molar-refractivity contribution is -0.141. The summed E-state index contributed by atoms with van der Waals surface area (Å²) in [6.07, 6.45) is 3.87. The van der Waals surface area contributed by atoms with Gasteiger partial charge in [-0.25, -0.2) is 8.78 Å². The van der Waals surface area contributed by atoms with Crippen LogP contribution in [0.3, 0.4) is 0 Å². The largest absolute Gasteiger partial charge is 0.381 e. The normalized spacial score (nSPS) is 28.5. The number of carbonyl (C=O) groups excluding carboxylic acids is 1. The molecule has 26 heavy (non-hydrogen) atoms. The SMILES string of the molecule is O=C(N1CCC2(CCCOC2)C1)C1(c2ccc(F)cc2F)CCOCC1. The summed E-state index contributed by atoms with van der Waals surface area (Å²) in [6.45, 7) is 3.63. The van der Waals surface area contributed by atoms with E-state index in [2.05, 4.69) is 0 Å². The molecule has 1 spiro atoms. The summed E-state index contributed by atoms with van der Waals surface area (Å²) in [4.78, 5) is 15.4. The molecule has 0 radical (unpaired) electrons. The molecule has 6 heteroatoms. The van der Waals surface area contributed by atoms with Crippen molar-refractivity contribution in [2.45, 2.75) is 37.5 Å². The van der Waals surface area contributed by atoms with E-state index in [1.807, 2.05) is 4.90 Å². The fourth-order valence-corrected chi connectivity index (χ4v) is 4.84. The van der Waals surface area contributed by atoms with Crippen LogP contribution in [0, 0.1) is 17.0 Å². The maximum Gasteiger partial charge on any atom is 0.233 e. The van der Waals surface area contributed by atoms with Crippen molar-refractivity contribution in [2.24, 2.45) is 5.41 Å². The van der Waals surface area contributed by atoms with Crippen molar-refractivity contribution in [3.8, 4) is 0 Å². The van der Waals surface area contributed by atoms with Gasteiger partial charge in [-0.15, -0.1) is 0 Å². The van der Waals surface area contributed by atoms with Gasteiger partial charge in [0.15, 0.2) is 0 Å². The van der Waals surface area contributed by atoms with Crippen LogP contribution < -0.4 is 0 Å². The zero-order valence-corrected chi connectivity index (χ0v) is 14.9. The summed E-state index contributed by atoms with van der Waals surface area (Å²) in [5, 5.41) is 0. The number of hydrogen-bond donors (Lipinski definition) is 0. The molecule has 0 N–H and O–H groups in total. The number of likely N-dealkylation sites (tertiary alicyclic amines) is 1. The van der Waals surface area contributed by atoms with Gasteiger partial charge < -0.3 is 14.4 Å². The van der Waals surface area contributed by atoms with Gasteiger partial charge in [-0.1, -0.05) is 6.07 Å². The first-order valence-electron chi connectivity index (χ1n) is 9.45. The molecule has 1 aromatic rings. The van der Waals surface area contributed by atoms with E-state index in [4.69, 9.17) is 9.47 Å². The Balaban J connectivity index is 1.63. The third-order valence-electron chi connectivity index (χ3n) is 6.33. The van der Waals surface area contributed by atoms with E-state index >= 15 is 0 Å². The van der Waals surface area contributed by atoms with Crippen LogP contribution in [-0.4, -0.2) is 50.3 Å². The molecule has 1 aromatic carbocycles. The maximum absolute atomic E-state index is 14.6. The molecule has 142 valence electrons. The highest BCUT2D eigenvalue weighted by Gasteiger charge is 2.49. The number of amides is 1. The van der Waals surface area contributed by atoms with Gasteiger partial charge in [0.2, 0.25) is 5.91 Å². The Kier molecular flexibility index (Phi) is 4.73. The molecular formula is C20H25F2NO3. The number of hydrogen-bond acceptors (Lipinski definition) is 3. The first-order valence-corrected chi connectivity index (χ1v) is 9.45. The zero-order chi connectivity index (χ0) is 18.2. The molecule has 4 nitrogen and oxygen atoms in total. The molecule has 3 aliphatic rings. The molecular weight excluding hydrogens is 340 g/mol. The summed E-state index contributed by atoms with van der Waals surface area (Å²) >= 11 is 0. The van der Waals surface area contributed by atoms with E-state index in [0.717, 1.165) is 31.9 Å². The molecule has 0 aromatic heterocycles. The fraction of sp³-hybridized carbons (Fsp3) is 0.650. The van der Waals surface area contributed by atoms with Crippen LogP contribution in [-0.2, 0) is 19.7 Å². The fourth-order valence-electron chi connectivity index (χ4n) is 4.84. The number of benzene rings is 1. The number of rotatable bonds is 2. The molecule has 0 bridgehead atoms. The van der Waals surface area contributed by atoms with Gasteiger partial charge in [-0.2, -0.15) is 0 Å². The molecule has 1 amide bonds. The van der Waals surface area contributed by atoms with Crippen LogP contribution in [0.25, 0.3) is 0 Å². The minimum absolute atomic E-state index is 0.0433. The molecule has 3 aliphatic heterocycles. The van der Waals surface area contributed by atoms with Crippen molar-refractivity contribution >= 4 is 5.91 Å². The first kappa shape index (κ1) is 17.9. The Morgan fingerprint density at radius 1 is 1.04 bits per heavy atom. The van der Waals surface area contributed by atoms with Gasteiger partial charge in [0, 0.05) is 50.0 Å². The van der Waals surface area contributed by atoms with E-state index in [9.17, 15) is 13.6 Å². The van der Waals surface area contributed by atoms with Crippen molar-refractivity contribution < 1.29 is 23.0 Å². The molecule has 0 aliphatic carbocycles. The van der Waals surface area contributed by atoms with Crippen LogP contribution in [0.5, 0.6) is 0 Å². The summed E-state index contributed by atoms with van der Waals surface area (Å²) in [5.41, 5.74) is -0.619. The molecule has 0 saturated carbocycles.